The van der Waals surface area contributed by atoms with E-state index in [9.17, 15) is 18.0 Å². The molecule has 8 nitrogen and oxygen atoms in total. The van der Waals surface area contributed by atoms with Crippen LogP contribution in [0, 0.1) is 6.92 Å². The number of halogens is 2. The molecule has 1 N–H and O–H groups in total. The van der Waals surface area contributed by atoms with E-state index < -0.39 is 28.5 Å². The summed E-state index contributed by atoms with van der Waals surface area (Å²) >= 11 is 6.80. The molecule has 3 aromatic carbocycles. The lowest BCUT2D eigenvalue weighted by molar-refractivity contribution is -0.139. The Kier molecular flexibility index (Phi) is 10.8. The largest absolute Gasteiger partial charge is 0.496 e. The van der Waals surface area contributed by atoms with Crippen molar-refractivity contribution in [3.63, 3.8) is 0 Å². The molecule has 0 bridgehead atoms. The molecule has 0 aliphatic rings. The molecule has 0 radical (unpaired) electrons. The summed E-state index contributed by atoms with van der Waals surface area (Å²) < 4.78 is 35.6. The lowest BCUT2D eigenvalue weighted by atomic mass is 10.1. The lowest BCUT2D eigenvalue weighted by Crippen LogP contribution is -2.52. The Hall–Kier alpha value is -2.89. The summed E-state index contributed by atoms with van der Waals surface area (Å²) in [4.78, 5) is 28.3. The summed E-state index contributed by atoms with van der Waals surface area (Å²) in [6.07, 6.45) is 0. The van der Waals surface area contributed by atoms with Crippen molar-refractivity contribution in [1.29, 1.82) is 0 Å². The van der Waals surface area contributed by atoms with Gasteiger partial charge in [0, 0.05) is 17.1 Å². The number of rotatable bonds is 11. The van der Waals surface area contributed by atoms with Crippen LogP contribution in [0.2, 0.25) is 0 Å². The summed E-state index contributed by atoms with van der Waals surface area (Å²) in [6.45, 7) is 6.80. The zero-order valence-corrected chi connectivity index (χ0v) is 27.0. The first-order valence-corrected chi connectivity index (χ1v) is 15.6. The molecule has 40 heavy (non-hydrogen) atoms. The number of sulfonamides is 1. The van der Waals surface area contributed by atoms with Crippen LogP contribution in [-0.2, 0) is 26.2 Å². The maximum atomic E-state index is 14.0. The maximum Gasteiger partial charge on any atom is 0.264 e. The fraction of sp³-hybridized carbons (Fsp3) is 0.310. The number of aryl methyl sites for hydroxylation is 1. The van der Waals surface area contributed by atoms with E-state index in [-0.39, 0.29) is 23.4 Å². The molecule has 0 spiro atoms. The van der Waals surface area contributed by atoms with Gasteiger partial charge in [0.15, 0.2) is 0 Å². The minimum Gasteiger partial charge on any atom is -0.496 e. The number of hydrogen-bond donors (Lipinski definition) is 1. The van der Waals surface area contributed by atoms with E-state index in [4.69, 9.17) is 4.74 Å². The Morgan fingerprint density at radius 1 is 0.975 bits per heavy atom. The highest BCUT2D eigenvalue weighted by atomic mass is 79.9. The molecular weight excluding hydrogens is 662 g/mol. The third-order valence-corrected chi connectivity index (χ3v) is 9.04. The van der Waals surface area contributed by atoms with Crippen LogP contribution >= 0.6 is 31.9 Å². The van der Waals surface area contributed by atoms with Gasteiger partial charge < -0.3 is 15.0 Å². The summed E-state index contributed by atoms with van der Waals surface area (Å²) in [5.74, 6) is -0.382. The Morgan fingerprint density at radius 3 is 2.23 bits per heavy atom. The van der Waals surface area contributed by atoms with E-state index in [0.717, 1.165) is 19.9 Å². The first-order valence-electron chi connectivity index (χ1n) is 12.6. The van der Waals surface area contributed by atoms with Crippen LogP contribution in [-0.4, -0.2) is 50.9 Å². The standard InChI is InChI=1S/C29H33Br2N3O5S/c1-19(2)32-29(36)21(4)33(17-22-7-6-8-23(30)15-22)28(35)18-34(24-11-9-20(3)10-12-24)40(37,38)25-13-14-27(39-5)26(31)16-25/h6-16,19,21H,17-18H2,1-5H3,(H,32,36)/t21-/m1/s1. The average Bonchev–Trinajstić information content (AvgIpc) is 2.90. The van der Waals surface area contributed by atoms with Gasteiger partial charge in [0.2, 0.25) is 11.8 Å². The molecular formula is C29H33Br2N3O5S. The molecule has 0 saturated carbocycles. The second-order valence-corrected chi connectivity index (χ2v) is 13.3. The zero-order valence-electron chi connectivity index (χ0n) is 23.0. The van der Waals surface area contributed by atoms with Gasteiger partial charge in [-0.3, -0.25) is 13.9 Å². The van der Waals surface area contributed by atoms with Crippen LogP contribution in [0.5, 0.6) is 5.75 Å². The Bertz CT molecular complexity index is 1460. The van der Waals surface area contributed by atoms with Gasteiger partial charge in [-0.2, -0.15) is 0 Å². The molecule has 214 valence electrons. The fourth-order valence-corrected chi connectivity index (χ4v) is 6.57. The molecule has 3 aromatic rings. The highest BCUT2D eigenvalue weighted by Gasteiger charge is 2.33. The first kappa shape index (κ1) is 31.6. The number of amides is 2. The van der Waals surface area contributed by atoms with Gasteiger partial charge in [-0.05, 0) is 91.7 Å². The van der Waals surface area contributed by atoms with Crippen molar-refractivity contribution in [2.75, 3.05) is 18.0 Å². The first-order chi connectivity index (χ1) is 18.8. The van der Waals surface area contributed by atoms with Crippen LogP contribution in [0.4, 0.5) is 5.69 Å². The molecule has 3 rings (SSSR count). The van der Waals surface area contributed by atoms with E-state index >= 15 is 0 Å². The quantitative estimate of drug-likeness (QED) is 0.279. The zero-order chi connectivity index (χ0) is 29.6. The number of hydrogen-bond acceptors (Lipinski definition) is 5. The van der Waals surface area contributed by atoms with Gasteiger partial charge >= 0.3 is 0 Å². The van der Waals surface area contributed by atoms with E-state index in [1.54, 1.807) is 37.3 Å². The van der Waals surface area contributed by atoms with Crippen LogP contribution in [0.15, 0.2) is 80.6 Å². The van der Waals surface area contributed by atoms with Gasteiger partial charge in [-0.15, -0.1) is 0 Å². The van der Waals surface area contributed by atoms with Crippen molar-refractivity contribution in [2.24, 2.45) is 0 Å². The van der Waals surface area contributed by atoms with Crippen LogP contribution in [0.1, 0.15) is 31.9 Å². The van der Waals surface area contributed by atoms with Crippen LogP contribution in [0.3, 0.4) is 0 Å². The Labute approximate surface area is 253 Å². The topological polar surface area (TPSA) is 96.0 Å². The molecule has 0 fully saturated rings. The fourth-order valence-electron chi connectivity index (χ4n) is 3.99. The molecule has 0 unspecified atom stereocenters. The second-order valence-electron chi connectivity index (χ2n) is 9.63. The third-order valence-electron chi connectivity index (χ3n) is 6.15. The minimum absolute atomic E-state index is 0.0160. The number of nitrogens with zero attached hydrogens (tertiary/aromatic N) is 2. The SMILES string of the molecule is COc1ccc(S(=O)(=O)N(CC(=O)N(Cc2cccc(Br)c2)[C@H](C)C(=O)NC(C)C)c2ccc(C)cc2)cc1Br. The summed E-state index contributed by atoms with van der Waals surface area (Å²) in [5.41, 5.74) is 2.05. The predicted molar refractivity (Wildman–Crippen MR) is 164 cm³/mol. The number of nitrogens with one attached hydrogen (secondary N) is 1. The van der Waals surface area contributed by atoms with Crippen molar-refractivity contribution < 1.29 is 22.7 Å². The molecule has 0 aliphatic heterocycles. The Balaban J connectivity index is 2.05. The van der Waals surface area contributed by atoms with Crippen LogP contribution in [0.25, 0.3) is 0 Å². The normalized spacial score (nSPS) is 12.1. The van der Waals surface area contributed by atoms with Crippen molar-refractivity contribution in [2.45, 2.75) is 51.2 Å². The predicted octanol–water partition coefficient (Wildman–Crippen LogP) is 5.67. The number of carbonyl (C=O) groups is 2. The maximum absolute atomic E-state index is 14.0. The van der Waals surface area contributed by atoms with Crippen molar-refractivity contribution >= 4 is 59.4 Å². The summed E-state index contributed by atoms with van der Waals surface area (Å²) in [6, 6.07) is 17.7. The third kappa shape index (κ3) is 7.86. The lowest BCUT2D eigenvalue weighted by Gasteiger charge is -2.32. The van der Waals surface area contributed by atoms with Gasteiger partial charge in [0.05, 0.1) is 22.2 Å². The number of carbonyl (C=O) groups excluding carboxylic acids is 2. The average molecular weight is 695 g/mol. The van der Waals surface area contributed by atoms with Gasteiger partial charge in [0.1, 0.15) is 18.3 Å². The Morgan fingerprint density at radius 2 is 1.65 bits per heavy atom. The van der Waals surface area contributed by atoms with Crippen molar-refractivity contribution in [3.05, 3.63) is 86.8 Å². The molecule has 0 heterocycles. The minimum atomic E-state index is -4.20. The number of methoxy groups -OCH3 is 1. The van der Waals surface area contributed by atoms with Gasteiger partial charge in [-0.1, -0.05) is 45.8 Å². The van der Waals surface area contributed by atoms with Gasteiger partial charge in [-0.25, -0.2) is 8.42 Å². The molecule has 0 aromatic heterocycles. The monoisotopic (exact) mass is 693 g/mol. The van der Waals surface area contributed by atoms with Crippen LogP contribution < -0.4 is 14.4 Å². The van der Waals surface area contributed by atoms with Crippen molar-refractivity contribution in [3.8, 4) is 5.75 Å². The summed E-state index contributed by atoms with van der Waals surface area (Å²) in [7, 11) is -2.71. The number of benzene rings is 3. The highest BCUT2D eigenvalue weighted by molar-refractivity contribution is 9.10. The number of ether oxygens (including phenoxy) is 1. The van der Waals surface area contributed by atoms with E-state index in [2.05, 4.69) is 37.2 Å². The molecule has 1 atom stereocenters. The molecule has 11 heteroatoms. The smallest absolute Gasteiger partial charge is 0.264 e. The van der Waals surface area contributed by atoms with Crippen molar-refractivity contribution in [1.82, 2.24) is 10.2 Å². The second kappa shape index (κ2) is 13.6. The van der Waals surface area contributed by atoms with Gasteiger partial charge in [0.25, 0.3) is 10.0 Å². The molecule has 2 amide bonds. The van der Waals surface area contributed by atoms with E-state index in [0.29, 0.717) is 15.9 Å². The molecule has 0 aliphatic carbocycles. The van der Waals surface area contributed by atoms with E-state index in [1.807, 2.05) is 45.0 Å². The van der Waals surface area contributed by atoms with E-state index in [1.165, 1.54) is 24.1 Å². The number of anilines is 1. The molecule has 0 saturated heterocycles. The highest BCUT2D eigenvalue weighted by Crippen LogP contribution is 2.31. The summed E-state index contributed by atoms with van der Waals surface area (Å²) in [5, 5.41) is 2.85.